The molecule has 6 aromatic rings. The number of benzene rings is 6. The zero-order valence-corrected chi connectivity index (χ0v) is 22.0. The monoisotopic (exact) mass is 510 g/mol. The molecule has 188 valence electrons. The van der Waals surface area contributed by atoms with Gasteiger partial charge in [0.2, 0.25) is 0 Å². The Bertz CT molecular complexity index is 1900. The Hall–Kier alpha value is -5.02. The fourth-order valence-corrected chi connectivity index (χ4v) is 6.62. The van der Waals surface area contributed by atoms with E-state index in [4.69, 9.17) is 0 Å². The van der Waals surface area contributed by atoms with E-state index in [0.29, 0.717) is 0 Å². The molecular formula is C37H27BN2. The molecule has 40 heavy (non-hydrogen) atoms. The average Bonchev–Trinajstić information content (AvgIpc) is 3.45. The summed E-state index contributed by atoms with van der Waals surface area (Å²) in [5.74, 6) is 0.195. The first-order chi connectivity index (χ1) is 19.9. The molecule has 8 rings (SSSR count). The molecule has 0 spiro atoms. The first kappa shape index (κ1) is 22.9. The Balaban J connectivity index is 1.45. The molecule has 0 amide bonds. The highest BCUT2D eigenvalue weighted by atomic mass is 15.2. The number of nitrogens with zero attached hydrogens (tertiary/aromatic N) is 1. The van der Waals surface area contributed by atoms with Gasteiger partial charge in [0, 0.05) is 28.5 Å². The van der Waals surface area contributed by atoms with Crippen molar-refractivity contribution in [1.29, 1.82) is 0 Å². The fourth-order valence-electron chi connectivity index (χ4n) is 6.62. The molecule has 0 radical (unpaired) electrons. The third-order valence-corrected chi connectivity index (χ3v) is 8.35. The number of fused-ring (bicyclic) bond motifs is 6. The Morgan fingerprint density at radius 2 is 1.32 bits per heavy atom. The lowest BCUT2D eigenvalue weighted by Gasteiger charge is -2.40. The van der Waals surface area contributed by atoms with Crippen molar-refractivity contribution in [2.75, 3.05) is 10.0 Å². The van der Waals surface area contributed by atoms with Gasteiger partial charge in [0.15, 0.2) is 0 Å². The molecular weight excluding hydrogens is 483 g/mol. The smallest absolute Gasteiger partial charge is 0.405 e. The van der Waals surface area contributed by atoms with Crippen molar-refractivity contribution in [3.05, 3.63) is 162 Å². The van der Waals surface area contributed by atoms with Gasteiger partial charge in [0.25, 0.3) is 0 Å². The van der Waals surface area contributed by atoms with E-state index >= 15 is 0 Å². The second-order valence-corrected chi connectivity index (χ2v) is 10.6. The van der Waals surface area contributed by atoms with E-state index in [1.807, 2.05) is 0 Å². The molecule has 2 nitrogen and oxygen atoms in total. The van der Waals surface area contributed by atoms with Crippen molar-refractivity contribution in [2.45, 2.75) is 5.92 Å². The molecule has 1 aliphatic heterocycles. The van der Waals surface area contributed by atoms with E-state index in [9.17, 15) is 0 Å². The molecule has 1 heterocycles. The van der Waals surface area contributed by atoms with Crippen molar-refractivity contribution in [3.8, 4) is 11.1 Å². The highest BCUT2D eigenvalue weighted by Gasteiger charge is 2.40. The van der Waals surface area contributed by atoms with Crippen LogP contribution in [-0.4, -0.2) is 6.98 Å². The number of allylic oxidation sites excluding steroid dienone is 1. The van der Waals surface area contributed by atoms with Crippen LogP contribution in [0.4, 0.5) is 17.1 Å². The average molecular weight is 510 g/mol. The molecule has 0 aromatic heterocycles. The lowest BCUT2D eigenvalue weighted by molar-refractivity contribution is 1.06. The minimum Gasteiger partial charge on any atom is -0.405 e. The van der Waals surface area contributed by atoms with Gasteiger partial charge in [-0.15, -0.1) is 0 Å². The van der Waals surface area contributed by atoms with Gasteiger partial charge in [0.1, 0.15) is 0 Å². The molecule has 1 atom stereocenters. The van der Waals surface area contributed by atoms with Crippen LogP contribution in [-0.2, 0) is 0 Å². The summed E-state index contributed by atoms with van der Waals surface area (Å²) in [7, 11) is 0. The largest absolute Gasteiger partial charge is 0.414 e. The summed E-state index contributed by atoms with van der Waals surface area (Å²) in [4.78, 5) is 2.49. The fraction of sp³-hybridized carbons (Fsp3) is 0.0270. The second-order valence-electron chi connectivity index (χ2n) is 10.6. The Labute approximate surface area is 235 Å². The van der Waals surface area contributed by atoms with Crippen LogP contribution >= 0.6 is 0 Å². The number of hydrogen-bond acceptors (Lipinski definition) is 2. The van der Waals surface area contributed by atoms with Gasteiger partial charge in [-0.2, -0.15) is 0 Å². The van der Waals surface area contributed by atoms with E-state index in [1.54, 1.807) is 0 Å². The van der Waals surface area contributed by atoms with Gasteiger partial charge < -0.3 is 10.0 Å². The van der Waals surface area contributed by atoms with Gasteiger partial charge in [-0.25, -0.2) is 0 Å². The van der Waals surface area contributed by atoms with Crippen LogP contribution in [0, 0.1) is 0 Å². The van der Waals surface area contributed by atoms with Crippen molar-refractivity contribution in [1.82, 2.24) is 0 Å². The van der Waals surface area contributed by atoms with Crippen LogP contribution in [0.3, 0.4) is 0 Å². The predicted molar refractivity (Wildman–Crippen MR) is 171 cm³/mol. The Kier molecular flexibility index (Phi) is 5.34. The van der Waals surface area contributed by atoms with E-state index in [2.05, 4.69) is 162 Å². The Morgan fingerprint density at radius 1 is 0.600 bits per heavy atom. The summed E-state index contributed by atoms with van der Waals surface area (Å²) >= 11 is 0. The maximum absolute atomic E-state index is 3.96. The van der Waals surface area contributed by atoms with E-state index in [0.717, 1.165) is 11.4 Å². The van der Waals surface area contributed by atoms with Crippen molar-refractivity contribution in [2.24, 2.45) is 0 Å². The zero-order chi connectivity index (χ0) is 26.5. The zero-order valence-electron chi connectivity index (χ0n) is 22.0. The number of nitrogens with one attached hydrogen (secondary N) is 1. The van der Waals surface area contributed by atoms with Crippen LogP contribution < -0.4 is 15.5 Å². The van der Waals surface area contributed by atoms with Crippen LogP contribution in [0.1, 0.15) is 22.6 Å². The molecule has 3 heteroatoms. The first-order valence-electron chi connectivity index (χ1n) is 13.9. The predicted octanol–water partition coefficient (Wildman–Crippen LogP) is 8.62. The molecule has 0 fully saturated rings. The van der Waals surface area contributed by atoms with Crippen LogP contribution in [0.5, 0.6) is 0 Å². The summed E-state index contributed by atoms with van der Waals surface area (Å²) in [5.41, 5.74) is 11.4. The Morgan fingerprint density at radius 3 is 2.20 bits per heavy atom. The van der Waals surface area contributed by atoms with Crippen molar-refractivity contribution in [3.63, 3.8) is 0 Å². The lowest BCUT2D eigenvalue weighted by Crippen LogP contribution is -2.56. The SMILES string of the molecule is C1=CC(c2cccc3c2B(Nc2ccccc2)N(c2ccccc2)c2ccc4ccccc4c2-3)c2ccccc21. The minimum atomic E-state index is -0.106. The van der Waals surface area contributed by atoms with Gasteiger partial charge in [-0.3, -0.25) is 0 Å². The molecule has 0 bridgehead atoms. The molecule has 0 saturated carbocycles. The van der Waals surface area contributed by atoms with Gasteiger partial charge in [-0.1, -0.05) is 121 Å². The quantitative estimate of drug-likeness (QED) is 0.239. The maximum Gasteiger partial charge on any atom is 0.414 e. The van der Waals surface area contributed by atoms with E-state index in [1.165, 1.54) is 49.7 Å². The summed E-state index contributed by atoms with van der Waals surface area (Å²) < 4.78 is 0. The highest BCUT2D eigenvalue weighted by molar-refractivity contribution is 6.83. The first-order valence-corrected chi connectivity index (χ1v) is 13.9. The topological polar surface area (TPSA) is 15.3 Å². The molecule has 1 N–H and O–H groups in total. The molecule has 0 saturated heterocycles. The van der Waals surface area contributed by atoms with Gasteiger partial charge >= 0.3 is 6.98 Å². The summed E-state index contributed by atoms with van der Waals surface area (Å²) in [5, 5.41) is 6.50. The normalized spacial score (nSPS) is 15.1. The maximum atomic E-state index is 3.96. The van der Waals surface area contributed by atoms with Gasteiger partial charge in [-0.05, 0) is 68.8 Å². The summed E-state index contributed by atoms with van der Waals surface area (Å²) in [6.45, 7) is -0.106. The van der Waals surface area contributed by atoms with Crippen LogP contribution in [0.2, 0.25) is 0 Å². The molecule has 2 aliphatic rings. The standard InChI is InChI=1S/C37H27BN2/c1-3-14-28(15-4-1)39-38-37-33(32-24-22-26-12-7-9-18-30(26)32)20-11-21-34(37)36-31-19-10-8-13-27(31)23-25-35(36)40(38)29-16-5-2-6-17-29/h1-25,32,39H. The second kappa shape index (κ2) is 9.32. The third kappa shape index (κ3) is 3.59. The molecule has 6 aromatic carbocycles. The summed E-state index contributed by atoms with van der Waals surface area (Å²) in [6, 6.07) is 50.4. The minimum absolute atomic E-state index is 0.106. The number of hydrogen-bond donors (Lipinski definition) is 1. The third-order valence-electron chi connectivity index (χ3n) is 8.35. The number of anilines is 3. The number of para-hydroxylation sites is 2. The summed E-state index contributed by atoms with van der Waals surface area (Å²) in [6.07, 6.45) is 4.64. The van der Waals surface area contributed by atoms with Crippen LogP contribution in [0.25, 0.3) is 28.0 Å². The lowest BCUT2D eigenvalue weighted by atomic mass is 9.56. The molecule has 1 unspecified atom stereocenters. The number of rotatable bonds is 4. The highest BCUT2D eigenvalue weighted by Crippen LogP contribution is 2.46. The van der Waals surface area contributed by atoms with E-state index < -0.39 is 0 Å². The van der Waals surface area contributed by atoms with Crippen LogP contribution in [0.15, 0.2) is 146 Å². The molecule has 1 aliphatic carbocycles. The van der Waals surface area contributed by atoms with Crippen molar-refractivity contribution < 1.29 is 0 Å². The van der Waals surface area contributed by atoms with E-state index in [-0.39, 0.29) is 12.9 Å². The van der Waals surface area contributed by atoms with Crippen molar-refractivity contribution >= 4 is 46.4 Å². The van der Waals surface area contributed by atoms with Gasteiger partial charge in [0.05, 0.1) is 0 Å².